The van der Waals surface area contributed by atoms with Gasteiger partial charge in [-0.1, -0.05) is 11.6 Å². The van der Waals surface area contributed by atoms with Crippen LogP contribution in [-0.2, 0) is 0 Å². The maximum atomic E-state index is 11.9. The molecule has 0 spiro atoms. The highest BCUT2D eigenvalue weighted by atomic mass is 35.5. The van der Waals surface area contributed by atoms with E-state index in [1.807, 2.05) is 25.1 Å². The molecule has 2 aromatic rings. The first-order valence-electron chi connectivity index (χ1n) is 5.46. The van der Waals surface area contributed by atoms with Crippen molar-refractivity contribution in [2.24, 2.45) is 0 Å². The Morgan fingerprint density at radius 2 is 2.21 bits per heavy atom. The highest BCUT2D eigenvalue weighted by Crippen LogP contribution is 2.27. The first kappa shape index (κ1) is 13.6. The summed E-state index contributed by atoms with van der Waals surface area (Å²) >= 11 is 7.36. The van der Waals surface area contributed by atoms with Crippen LogP contribution in [0.4, 0.5) is 16.5 Å². The zero-order chi connectivity index (χ0) is 14.0. The molecule has 1 heterocycles. The minimum Gasteiger partial charge on any atom is -0.376 e. The Hall–Kier alpha value is -1.79. The van der Waals surface area contributed by atoms with Crippen molar-refractivity contribution in [1.29, 1.82) is 0 Å². The first-order chi connectivity index (χ1) is 8.97. The van der Waals surface area contributed by atoms with E-state index in [-0.39, 0.29) is 5.91 Å². The number of hydrogen-bond donors (Lipinski definition) is 2. The van der Waals surface area contributed by atoms with Gasteiger partial charge in [0.1, 0.15) is 5.69 Å². The van der Waals surface area contributed by atoms with Crippen molar-refractivity contribution in [2.75, 3.05) is 30.0 Å². The highest BCUT2D eigenvalue weighted by molar-refractivity contribution is 7.13. The SMILES string of the molecule is CN(C)c1ccc(NC(=O)c2csc(N)n2)cc1Cl. The number of carbonyl (C=O) groups is 1. The summed E-state index contributed by atoms with van der Waals surface area (Å²) in [5.74, 6) is -0.304. The van der Waals surface area contributed by atoms with Gasteiger partial charge in [-0.05, 0) is 18.2 Å². The van der Waals surface area contributed by atoms with Crippen molar-refractivity contribution in [3.05, 3.63) is 34.3 Å². The van der Waals surface area contributed by atoms with Gasteiger partial charge in [0, 0.05) is 25.2 Å². The van der Waals surface area contributed by atoms with E-state index in [1.165, 1.54) is 11.3 Å². The van der Waals surface area contributed by atoms with Crippen LogP contribution in [-0.4, -0.2) is 25.0 Å². The fourth-order valence-electron chi connectivity index (χ4n) is 1.53. The summed E-state index contributed by atoms with van der Waals surface area (Å²) < 4.78 is 0. The molecule has 0 saturated carbocycles. The predicted octanol–water partition coefficient (Wildman–Crippen LogP) is 2.70. The molecule has 0 atom stereocenters. The molecule has 19 heavy (non-hydrogen) atoms. The largest absolute Gasteiger partial charge is 0.376 e. The molecule has 0 fully saturated rings. The van der Waals surface area contributed by atoms with Gasteiger partial charge in [-0.3, -0.25) is 4.79 Å². The highest BCUT2D eigenvalue weighted by Gasteiger charge is 2.11. The number of halogens is 1. The van der Waals surface area contributed by atoms with Gasteiger partial charge in [0.05, 0.1) is 10.7 Å². The standard InChI is InChI=1S/C12H13ClN4OS/c1-17(2)10-4-3-7(5-8(10)13)15-11(18)9-6-19-12(14)16-9/h3-6H,1-2H3,(H2,14,16)(H,15,18). The number of carbonyl (C=O) groups excluding carboxylic acids is 1. The average Bonchev–Trinajstić information content (AvgIpc) is 2.75. The van der Waals surface area contributed by atoms with E-state index in [9.17, 15) is 4.79 Å². The van der Waals surface area contributed by atoms with Crippen LogP contribution < -0.4 is 16.0 Å². The van der Waals surface area contributed by atoms with E-state index in [0.29, 0.717) is 21.5 Å². The van der Waals surface area contributed by atoms with Crippen LogP contribution in [0, 0.1) is 0 Å². The molecule has 100 valence electrons. The fourth-order valence-corrected chi connectivity index (χ4v) is 2.43. The summed E-state index contributed by atoms with van der Waals surface area (Å²) in [6, 6.07) is 5.33. The monoisotopic (exact) mass is 296 g/mol. The van der Waals surface area contributed by atoms with Crippen LogP contribution in [0.25, 0.3) is 0 Å². The van der Waals surface area contributed by atoms with Crippen molar-refractivity contribution < 1.29 is 4.79 Å². The van der Waals surface area contributed by atoms with Crippen molar-refractivity contribution >= 4 is 45.4 Å². The topological polar surface area (TPSA) is 71.2 Å². The number of aromatic nitrogens is 1. The van der Waals surface area contributed by atoms with Gasteiger partial charge in [-0.2, -0.15) is 0 Å². The van der Waals surface area contributed by atoms with E-state index in [0.717, 1.165) is 5.69 Å². The van der Waals surface area contributed by atoms with Crippen LogP contribution in [0.2, 0.25) is 5.02 Å². The number of benzene rings is 1. The van der Waals surface area contributed by atoms with E-state index in [4.69, 9.17) is 17.3 Å². The number of rotatable bonds is 3. The number of thiazole rings is 1. The van der Waals surface area contributed by atoms with Gasteiger partial charge in [-0.25, -0.2) is 4.98 Å². The molecule has 0 saturated heterocycles. The molecule has 1 aromatic carbocycles. The number of nitrogens with zero attached hydrogens (tertiary/aromatic N) is 2. The van der Waals surface area contributed by atoms with Gasteiger partial charge in [0.25, 0.3) is 5.91 Å². The molecule has 1 aromatic heterocycles. The van der Waals surface area contributed by atoms with Crippen molar-refractivity contribution in [3.8, 4) is 0 Å². The summed E-state index contributed by atoms with van der Waals surface area (Å²) in [6.07, 6.45) is 0. The van der Waals surface area contributed by atoms with Gasteiger partial charge in [0.2, 0.25) is 0 Å². The van der Waals surface area contributed by atoms with Gasteiger partial charge in [0.15, 0.2) is 5.13 Å². The molecular formula is C12H13ClN4OS. The summed E-state index contributed by atoms with van der Waals surface area (Å²) in [5, 5.41) is 5.27. The molecule has 0 bridgehead atoms. The number of nitrogens with one attached hydrogen (secondary N) is 1. The smallest absolute Gasteiger partial charge is 0.275 e. The average molecular weight is 297 g/mol. The molecule has 3 N–H and O–H groups in total. The summed E-state index contributed by atoms with van der Waals surface area (Å²) in [4.78, 5) is 17.7. The molecule has 2 rings (SSSR count). The second kappa shape index (κ2) is 5.46. The Kier molecular flexibility index (Phi) is 3.92. The Morgan fingerprint density at radius 3 is 2.74 bits per heavy atom. The minimum atomic E-state index is -0.304. The number of amides is 1. The molecule has 1 amide bonds. The molecule has 5 nitrogen and oxygen atoms in total. The van der Waals surface area contributed by atoms with E-state index < -0.39 is 0 Å². The zero-order valence-corrected chi connectivity index (χ0v) is 12.0. The predicted molar refractivity (Wildman–Crippen MR) is 80.3 cm³/mol. The lowest BCUT2D eigenvalue weighted by Gasteiger charge is -2.15. The lowest BCUT2D eigenvalue weighted by molar-refractivity contribution is 0.102. The Bertz CT molecular complexity index is 612. The third kappa shape index (κ3) is 3.15. The first-order valence-corrected chi connectivity index (χ1v) is 6.72. The van der Waals surface area contributed by atoms with Gasteiger partial charge < -0.3 is 16.0 Å². The third-order valence-electron chi connectivity index (χ3n) is 2.44. The van der Waals surface area contributed by atoms with E-state index in [1.54, 1.807) is 17.5 Å². The number of hydrogen-bond acceptors (Lipinski definition) is 5. The van der Waals surface area contributed by atoms with E-state index in [2.05, 4.69) is 10.3 Å². The molecule has 0 unspecified atom stereocenters. The Balaban J connectivity index is 2.16. The molecular weight excluding hydrogens is 284 g/mol. The third-order valence-corrected chi connectivity index (χ3v) is 3.42. The normalized spacial score (nSPS) is 10.3. The quantitative estimate of drug-likeness (QED) is 0.913. The summed E-state index contributed by atoms with van der Waals surface area (Å²) in [5.41, 5.74) is 7.29. The maximum absolute atomic E-state index is 11.9. The minimum absolute atomic E-state index is 0.301. The second-order valence-electron chi connectivity index (χ2n) is 4.09. The van der Waals surface area contributed by atoms with Crippen molar-refractivity contribution in [2.45, 2.75) is 0 Å². The lowest BCUT2D eigenvalue weighted by Crippen LogP contribution is -2.13. The van der Waals surface area contributed by atoms with Crippen LogP contribution in [0.5, 0.6) is 0 Å². The maximum Gasteiger partial charge on any atom is 0.275 e. The Morgan fingerprint density at radius 1 is 1.47 bits per heavy atom. The van der Waals surface area contributed by atoms with Crippen LogP contribution >= 0.6 is 22.9 Å². The molecule has 0 aliphatic heterocycles. The molecule has 7 heteroatoms. The zero-order valence-electron chi connectivity index (χ0n) is 10.5. The lowest BCUT2D eigenvalue weighted by atomic mass is 10.2. The molecule has 0 aliphatic rings. The van der Waals surface area contributed by atoms with Gasteiger partial charge >= 0.3 is 0 Å². The van der Waals surface area contributed by atoms with E-state index >= 15 is 0 Å². The summed E-state index contributed by atoms with van der Waals surface area (Å²) in [6.45, 7) is 0. The second-order valence-corrected chi connectivity index (χ2v) is 5.38. The molecule has 0 radical (unpaired) electrons. The van der Waals surface area contributed by atoms with Crippen molar-refractivity contribution in [3.63, 3.8) is 0 Å². The van der Waals surface area contributed by atoms with Crippen LogP contribution in [0.15, 0.2) is 23.6 Å². The van der Waals surface area contributed by atoms with Crippen LogP contribution in [0.3, 0.4) is 0 Å². The number of nitrogens with two attached hydrogens (primary N) is 1. The van der Waals surface area contributed by atoms with Crippen molar-refractivity contribution in [1.82, 2.24) is 4.98 Å². The molecule has 0 aliphatic carbocycles. The Labute approximate surface area is 120 Å². The number of anilines is 3. The fraction of sp³-hybridized carbons (Fsp3) is 0.167. The van der Waals surface area contributed by atoms with Gasteiger partial charge in [-0.15, -0.1) is 11.3 Å². The summed E-state index contributed by atoms with van der Waals surface area (Å²) in [7, 11) is 3.80. The number of nitrogen functional groups attached to an aromatic ring is 1. The van der Waals surface area contributed by atoms with Crippen LogP contribution in [0.1, 0.15) is 10.5 Å².